The molecule has 3 saturated carbocycles. The lowest BCUT2D eigenvalue weighted by atomic mass is 10.0. The summed E-state index contributed by atoms with van der Waals surface area (Å²) in [7, 11) is 0. The molecule has 1 aromatic heterocycles. The first-order valence-electron chi connectivity index (χ1n) is 7.81. The molecule has 3 fully saturated rings. The highest BCUT2D eigenvalue weighted by atomic mass is 15.3. The van der Waals surface area contributed by atoms with E-state index in [1.165, 1.54) is 24.8 Å². The zero-order chi connectivity index (χ0) is 13.2. The van der Waals surface area contributed by atoms with Crippen LogP contribution in [-0.4, -0.2) is 15.8 Å². The number of hydrogen-bond acceptors (Lipinski definition) is 2. The highest BCUT2D eigenvalue weighted by Gasteiger charge is 2.64. The smallest absolute Gasteiger partial charge is 0.0543 e. The summed E-state index contributed by atoms with van der Waals surface area (Å²) < 4.78 is 2.07. The molecule has 0 aliphatic heterocycles. The molecule has 2 bridgehead atoms. The Balaban J connectivity index is 1.35. The fourth-order valence-electron chi connectivity index (χ4n) is 4.65. The topological polar surface area (TPSA) is 29.9 Å². The third kappa shape index (κ3) is 1.85. The first kappa shape index (κ1) is 12.0. The summed E-state index contributed by atoms with van der Waals surface area (Å²) in [4.78, 5) is 0. The molecular formula is C16H25N3. The van der Waals surface area contributed by atoms with Gasteiger partial charge in [0.25, 0.3) is 0 Å². The van der Waals surface area contributed by atoms with E-state index in [1.807, 2.05) is 6.20 Å². The normalized spacial score (nSPS) is 39.6. The predicted octanol–water partition coefficient (Wildman–Crippen LogP) is 2.77. The van der Waals surface area contributed by atoms with Crippen LogP contribution >= 0.6 is 0 Å². The molecule has 3 aliphatic rings. The molecule has 4 unspecified atom stereocenters. The first-order chi connectivity index (χ1) is 9.04. The Bertz CT molecular complexity index is 468. The van der Waals surface area contributed by atoms with Gasteiger partial charge in [0.2, 0.25) is 0 Å². The van der Waals surface area contributed by atoms with Gasteiger partial charge in [0, 0.05) is 24.3 Å². The van der Waals surface area contributed by atoms with Crippen molar-refractivity contribution in [2.75, 3.05) is 0 Å². The highest BCUT2D eigenvalue weighted by Crippen LogP contribution is 2.65. The maximum Gasteiger partial charge on any atom is 0.0543 e. The maximum absolute atomic E-state index is 4.48. The average molecular weight is 259 g/mol. The molecule has 3 heteroatoms. The van der Waals surface area contributed by atoms with E-state index in [4.69, 9.17) is 0 Å². The first-order valence-corrected chi connectivity index (χ1v) is 7.81. The van der Waals surface area contributed by atoms with Crippen LogP contribution in [0.2, 0.25) is 0 Å². The molecule has 0 spiro atoms. The van der Waals surface area contributed by atoms with Gasteiger partial charge in [-0.15, -0.1) is 0 Å². The van der Waals surface area contributed by atoms with Crippen LogP contribution in [0, 0.1) is 23.7 Å². The van der Waals surface area contributed by atoms with E-state index < -0.39 is 0 Å². The molecule has 4 atom stereocenters. The molecule has 0 aromatic carbocycles. The quantitative estimate of drug-likeness (QED) is 0.904. The summed E-state index contributed by atoms with van der Waals surface area (Å²) >= 11 is 0. The van der Waals surface area contributed by atoms with Crippen molar-refractivity contribution < 1.29 is 0 Å². The van der Waals surface area contributed by atoms with Gasteiger partial charge in [-0.05, 0) is 63.7 Å². The van der Waals surface area contributed by atoms with E-state index in [0.717, 1.165) is 36.3 Å². The minimum absolute atomic E-state index is 0.0907. The second-order valence-corrected chi connectivity index (χ2v) is 7.86. The molecular weight excluding hydrogens is 234 g/mol. The molecule has 3 aliphatic carbocycles. The molecule has 0 saturated heterocycles. The minimum atomic E-state index is 0.0907. The largest absolute Gasteiger partial charge is 0.309 e. The second kappa shape index (κ2) is 3.85. The van der Waals surface area contributed by atoms with E-state index in [9.17, 15) is 0 Å². The van der Waals surface area contributed by atoms with Crippen LogP contribution in [0.5, 0.6) is 0 Å². The summed E-state index contributed by atoms with van der Waals surface area (Å²) in [6, 6.07) is 0.823. The number of fused-ring (bicyclic) bond motifs is 5. The summed E-state index contributed by atoms with van der Waals surface area (Å²) in [6.07, 6.45) is 8.76. The summed E-state index contributed by atoms with van der Waals surface area (Å²) in [5.41, 5.74) is 1.42. The van der Waals surface area contributed by atoms with E-state index >= 15 is 0 Å². The summed E-state index contributed by atoms with van der Waals surface area (Å²) in [5.74, 6) is 4.17. The lowest BCUT2D eigenvalue weighted by Crippen LogP contribution is -2.23. The fraction of sp³-hybridized carbons (Fsp3) is 0.812. The number of aromatic nitrogens is 2. The fourth-order valence-corrected chi connectivity index (χ4v) is 4.65. The van der Waals surface area contributed by atoms with Crippen molar-refractivity contribution in [3.05, 3.63) is 18.0 Å². The molecule has 1 N–H and O–H groups in total. The predicted molar refractivity (Wildman–Crippen MR) is 75.7 cm³/mol. The highest BCUT2D eigenvalue weighted by molar-refractivity contribution is 5.17. The monoisotopic (exact) mass is 259 g/mol. The van der Waals surface area contributed by atoms with Crippen molar-refractivity contribution in [1.29, 1.82) is 0 Å². The van der Waals surface area contributed by atoms with Crippen molar-refractivity contribution in [3.63, 3.8) is 0 Å². The Labute approximate surface area is 115 Å². The zero-order valence-corrected chi connectivity index (χ0v) is 12.3. The number of nitrogens with zero attached hydrogens (tertiary/aromatic N) is 2. The molecule has 1 aromatic rings. The Kier molecular flexibility index (Phi) is 2.42. The summed E-state index contributed by atoms with van der Waals surface area (Å²) in [5, 5.41) is 8.26. The third-order valence-electron chi connectivity index (χ3n) is 5.60. The lowest BCUT2D eigenvalue weighted by molar-refractivity contribution is 0.355. The van der Waals surface area contributed by atoms with Gasteiger partial charge >= 0.3 is 0 Å². The SMILES string of the molecule is CC(C)(C)n1cc(CNC2C3C4CCC(C4)C23)cn1. The van der Waals surface area contributed by atoms with Crippen molar-refractivity contribution in [2.45, 2.75) is 58.2 Å². The Morgan fingerprint density at radius 2 is 1.95 bits per heavy atom. The van der Waals surface area contributed by atoms with Crippen molar-refractivity contribution in [2.24, 2.45) is 23.7 Å². The minimum Gasteiger partial charge on any atom is -0.309 e. The zero-order valence-electron chi connectivity index (χ0n) is 12.3. The lowest BCUT2D eigenvalue weighted by Gasteiger charge is -2.18. The molecule has 4 rings (SSSR count). The third-order valence-corrected chi connectivity index (χ3v) is 5.60. The van der Waals surface area contributed by atoms with E-state index in [0.29, 0.717) is 0 Å². The number of rotatable bonds is 3. The van der Waals surface area contributed by atoms with E-state index in [-0.39, 0.29) is 5.54 Å². The Hall–Kier alpha value is -0.830. The number of hydrogen-bond donors (Lipinski definition) is 1. The van der Waals surface area contributed by atoms with Crippen LogP contribution < -0.4 is 5.32 Å². The van der Waals surface area contributed by atoms with Crippen LogP contribution in [-0.2, 0) is 12.1 Å². The van der Waals surface area contributed by atoms with Gasteiger partial charge in [-0.25, -0.2) is 0 Å². The van der Waals surface area contributed by atoms with Gasteiger partial charge in [0.05, 0.1) is 11.7 Å². The van der Waals surface area contributed by atoms with Gasteiger partial charge in [0.15, 0.2) is 0 Å². The van der Waals surface area contributed by atoms with Gasteiger partial charge < -0.3 is 5.32 Å². The molecule has 1 heterocycles. The van der Waals surface area contributed by atoms with Crippen molar-refractivity contribution in [1.82, 2.24) is 15.1 Å². The van der Waals surface area contributed by atoms with Crippen LogP contribution in [0.4, 0.5) is 0 Å². The van der Waals surface area contributed by atoms with Gasteiger partial charge in [-0.1, -0.05) is 0 Å². The maximum atomic E-state index is 4.48. The van der Waals surface area contributed by atoms with Crippen molar-refractivity contribution in [3.8, 4) is 0 Å². The number of nitrogens with one attached hydrogen (secondary N) is 1. The molecule has 0 radical (unpaired) electrons. The summed E-state index contributed by atoms with van der Waals surface area (Å²) in [6.45, 7) is 7.58. The van der Waals surface area contributed by atoms with E-state index in [2.05, 4.69) is 42.1 Å². The van der Waals surface area contributed by atoms with Crippen molar-refractivity contribution >= 4 is 0 Å². The molecule has 104 valence electrons. The van der Waals surface area contributed by atoms with Crippen LogP contribution in [0.3, 0.4) is 0 Å². The standard InChI is InChI=1S/C16H25N3/c1-16(2,3)19-9-10(8-18-19)7-17-15-13-11-4-5-12(6-11)14(13)15/h8-9,11-15,17H,4-7H2,1-3H3. The van der Waals surface area contributed by atoms with Crippen LogP contribution in [0.25, 0.3) is 0 Å². The average Bonchev–Trinajstić information content (AvgIpc) is 2.80. The Morgan fingerprint density at radius 1 is 1.26 bits per heavy atom. The molecule has 19 heavy (non-hydrogen) atoms. The van der Waals surface area contributed by atoms with E-state index in [1.54, 1.807) is 0 Å². The van der Waals surface area contributed by atoms with Crippen LogP contribution in [0.1, 0.15) is 45.6 Å². The molecule has 3 nitrogen and oxygen atoms in total. The van der Waals surface area contributed by atoms with Crippen LogP contribution in [0.15, 0.2) is 12.4 Å². The van der Waals surface area contributed by atoms with Gasteiger partial charge in [0.1, 0.15) is 0 Å². The Morgan fingerprint density at radius 3 is 2.53 bits per heavy atom. The van der Waals surface area contributed by atoms with Gasteiger partial charge in [-0.2, -0.15) is 5.10 Å². The van der Waals surface area contributed by atoms with Gasteiger partial charge in [-0.3, -0.25) is 4.68 Å². The second-order valence-electron chi connectivity index (χ2n) is 7.86. The molecule has 0 amide bonds.